The number of nitriles is 1. The predicted molar refractivity (Wildman–Crippen MR) is 104 cm³/mol. The van der Waals surface area contributed by atoms with Gasteiger partial charge in [0.2, 0.25) is 0 Å². The second kappa shape index (κ2) is 6.93. The van der Waals surface area contributed by atoms with Crippen LogP contribution in [0.1, 0.15) is 11.1 Å². The van der Waals surface area contributed by atoms with Crippen LogP contribution in [0.2, 0.25) is 15.1 Å². The summed E-state index contributed by atoms with van der Waals surface area (Å²) in [6.45, 7) is 1.89. The van der Waals surface area contributed by atoms with Gasteiger partial charge in [0.25, 0.3) is 0 Å². The van der Waals surface area contributed by atoms with Gasteiger partial charge in [-0.1, -0.05) is 53.0 Å². The van der Waals surface area contributed by atoms with Crippen LogP contribution in [0, 0.1) is 18.3 Å². The smallest absolute Gasteiger partial charge is 0.142 e. The Labute approximate surface area is 160 Å². The third-order valence-electron chi connectivity index (χ3n) is 3.89. The summed E-state index contributed by atoms with van der Waals surface area (Å²) in [5, 5.41) is 11.0. The van der Waals surface area contributed by atoms with Crippen LogP contribution in [-0.2, 0) is 0 Å². The normalized spacial score (nSPS) is 10.5. The van der Waals surface area contributed by atoms with Crippen LogP contribution in [0.25, 0.3) is 22.4 Å². The molecule has 0 saturated heterocycles. The number of hydrogen-bond acceptors (Lipinski definition) is 3. The Balaban J connectivity index is 2.34. The first-order chi connectivity index (χ1) is 11.9. The predicted octanol–water partition coefficient (Wildman–Crippen LogP) is 6.14. The molecule has 0 aliphatic rings. The lowest BCUT2D eigenvalue weighted by Gasteiger charge is -2.15. The molecule has 124 valence electrons. The van der Waals surface area contributed by atoms with Crippen LogP contribution in [-0.4, -0.2) is 4.98 Å². The second-order valence-corrected chi connectivity index (χ2v) is 6.72. The van der Waals surface area contributed by atoms with Gasteiger partial charge in [-0.05, 0) is 42.3 Å². The number of rotatable bonds is 2. The highest BCUT2D eigenvalue weighted by Gasteiger charge is 2.19. The monoisotopic (exact) mass is 387 g/mol. The lowest BCUT2D eigenvalue weighted by Crippen LogP contribution is -2.03. The maximum absolute atomic E-state index is 9.56. The van der Waals surface area contributed by atoms with E-state index in [0.29, 0.717) is 31.9 Å². The molecule has 0 aliphatic heterocycles. The molecule has 0 radical (unpaired) electrons. The zero-order chi connectivity index (χ0) is 18.1. The van der Waals surface area contributed by atoms with Crippen molar-refractivity contribution < 1.29 is 0 Å². The van der Waals surface area contributed by atoms with Crippen molar-refractivity contribution in [1.82, 2.24) is 4.98 Å². The van der Waals surface area contributed by atoms with Gasteiger partial charge in [-0.2, -0.15) is 5.26 Å². The summed E-state index contributed by atoms with van der Waals surface area (Å²) in [5.41, 5.74) is 10.1. The molecule has 3 nitrogen and oxygen atoms in total. The molecule has 0 aliphatic carbocycles. The van der Waals surface area contributed by atoms with Gasteiger partial charge >= 0.3 is 0 Å². The Kier molecular flexibility index (Phi) is 4.87. The summed E-state index contributed by atoms with van der Waals surface area (Å²) in [7, 11) is 0. The van der Waals surface area contributed by atoms with Crippen molar-refractivity contribution in [3.8, 4) is 28.5 Å². The lowest BCUT2D eigenvalue weighted by molar-refractivity contribution is 1.26. The summed E-state index contributed by atoms with van der Waals surface area (Å²) in [6, 6.07) is 14.7. The molecule has 25 heavy (non-hydrogen) atoms. The molecule has 0 bridgehead atoms. The molecule has 3 aromatic rings. The highest BCUT2D eigenvalue weighted by Crippen LogP contribution is 2.38. The van der Waals surface area contributed by atoms with Gasteiger partial charge in [0, 0.05) is 16.1 Å². The maximum atomic E-state index is 9.56. The number of pyridine rings is 1. The van der Waals surface area contributed by atoms with Gasteiger partial charge in [-0.3, -0.25) is 0 Å². The van der Waals surface area contributed by atoms with Crippen LogP contribution in [0.4, 0.5) is 5.82 Å². The van der Waals surface area contributed by atoms with Gasteiger partial charge in [0.1, 0.15) is 17.5 Å². The molecule has 2 N–H and O–H groups in total. The topological polar surface area (TPSA) is 62.7 Å². The molecule has 3 rings (SSSR count). The zero-order valence-corrected chi connectivity index (χ0v) is 15.4. The second-order valence-electron chi connectivity index (χ2n) is 5.47. The highest BCUT2D eigenvalue weighted by molar-refractivity contribution is 6.42. The molecule has 0 fully saturated rings. The number of aromatic nitrogens is 1. The summed E-state index contributed by atoms with van der Waals surface area (Å²) in [5.74, 6) is 0.157. The molecular formula is C19H12Cl3N3. The lowest BCUT2D eigenvalue weighted by atomic mass is 9.93. The van der Waals surface area contributed by atoms with Gasteiger partial charge in [-0.15, -0.1) is 0 Å². The molecule has 0 amide bonds. The molecule has 1 aromatic heterocycles. The van der Waals surface area contributed by atoms with Crippen molar-refractivity contribution in [3.63, 3.8) is 0 Å². The summed E-state index contributed by atoms with van der Waals surface area (Å²) in [4.78, 5) is 4.42. The zero-order valence-electron chi connectivity index (χ0n) is 13.1. The van der Waals surface area contributed by atoms with E-state index in [-0.39, 0.29) is 5.82 Å². The fraction of sp³-hybridized carbons (Fsp3) is 0.0526. The average Bonchev–Trinajstić information content (AvgIpc) is 2.58. The van der Waals surface area contributed by atoms with Crippen LogP contribution in [0.3, 0.4) is 0 Å². The molecule has 0 unspecified atom stereocenters. The number of benzene rings is 2. The van der Waals surface area contributed by atoms with E-state index in [0.717, 1.165) is 16.7 Å². The van der Waals surface area contributed by atoms with Crippen molar-refractivity contribution in [2.75, 3.05) is 5.73 Å². The average molecular weight is 389 g/mol. The number of hydrogen-bond donors (Lipinski definition) is 1. The van der Waals surface area contributed by atoms with E-state index in [4.69, 9.17) is 40.5 Å². The number of nitrogens with two attached hydrogens (primary N) is 1. The molecular weight excluding hydrogens is 377 g/mol. The quantitative estimate of drug-likeness (QED) is 0.573. The van der Waals surface area contributed by atoms with Crippen molar-refractivity contribution in [3.05, 3.63) is 68.7 Å². The van der Waals surface area contributed by atoms with E-state index in [1.165, 1.54) is 0 Å². The van der Waals surface area contributed by atoms with E-state index >= 15 is 0 Å². The number of nitrogens with zero attached hydrogens (tertiary/aromatic N) is 2. The Hall–Kier alpha value is -2.25. The van der Waals surface area contributed by atoms with Gasteiger partial charge in [0.05, 0.1) is 15.7 Å². The fourth-order valence-electron chi connectivity index (χ4n) is 2.74. The van der Waals surface area contributed by atoms with Crippen molar-refractivity contribution in [2.24, 2.45) is 0 Å². The molecule has 0 saturated carbocycles. The summed E-state index contributed by atoms with van der Waals surface area (Å²) < 4.78 is 0. The number of halogens is 3. The Morgan fingerprint density at radius 2 is 1.76 bits per heavy atom. The van der Waals surface area contributed by atoms with Crippen LogP contribution < -0.4 is 5.73 Å². The molecule has 1 heterocycles. The van der Waals surface area contributed by atoms with Gasteiger partial charge < -0.3 is 5.73 Å². The van der Waals surface area contributed by atoms with E-state index in [1.807, 2.05) is 19.1 Å². The molecule has 0 atom stereocenters. The van der Waals surface area contributed by atoms with E-state index in [1.54, 1.807) is 30.3 Å². The van der Waals surface area contributed by atoms with E-state index in [9.17, 15) is 5.26 Å². The van der Waals surface area contributed by atoms with E-state index < -0.39 is 0 Å². The van der Waals surface area contributed by atoms with Crippen LogP contribution in [0.15, 0.2) is 42.5 Å². The maximum Gasteiger partial charge on any atom is 0.142 e. The van der Waals surface area contributed by atoms with Crippen molar-refractivity contribution in [1.29, 1.82) is 5.26 Å². The summed E-state index contributed by atoms with van der Waals surface area (Å²) >= 11 is 18.3. The van der Waals surface area contributed by atoms with Gasteiger partial charge in [0.15, 0.2) is 0 Å². The van der Waals surface area contributed by atoms with E-state index in [2.05, 4.69) is 11.1 Å². The van der Waals surface area contributed by atoms with Crippen molar-refractivity contribution in [2.45, 2.75) is 6.92 Å². The Bertz CT molecular complexity index is 1020. The highest BCUT2D eigenvalue weighted by atomic mass is 35.5. The number of nitrogen functional groups attached to an aromatic ring is 1. The fourth-order valence-corrected chi connectivity index (χ4v) is 3.23. The van der Waals surface area contributed by atoms with Crippen molar-refractivity contribution >= 4 is 40.6 Å². The molecule has 6 heteroatoms. The SMILES string of the molecule is Cc1c(-c2cccc(Cl)c2)nc(N)c(C#N)c1-c1ccc(Cl)c(Cl)c1. The van der Waals surface area contributed by atoms with Crippen LogP contribution in [0.5, 0.6) is 0 Å². The van der Waals surface area contributed by atoms with Gasteiger partial charge in [-0.25, -0.2) is 4.98 Å². The first-order valence-corrected chi connectivity index (χ1v) is 8.47. The molecule has 2 aromatic carbocycles. The first-order valence-electron chi connectivity index (χ1n) is 7.34. The third kappa shape index (κ3) is 3.29. The number of anilines is 1. The minimum atomic E-state index is 0.157. The minimum absolute atomic E-state index is 0.157. The Morgan fingerprint density at radius 1 is 1.00 bits per heavy atom. The summed E-state index contributed by atoms with van der Waals surface area (Å²) in [6.07, 6.45) is 0. The van der Waals surface area contributed by atoms with Crippen LogP contribution >= 0.6 is 34.8 Å². The first kappa shape index (κ1) is 17.6. The Morgan fingerprint density at radius 3 is 2.40 bits per heavy atom. The largest absolute Gasteiger partial charge is 0.383 e. The molecule has 0 spiro atoms. The minimum Gasteiger partial charge on any atom is -0.383 e. The standard InChI is InChI=1S/C19H12Cl3N3/c1-10-17(11-5-6-15(21)16(22)8-11)14(9-23)19(24)25-18(10)12-3-2-4-13(20)7-12/h2-8H,1H3,(H2,24,25). The third-order valence-corrected chi connectivity index (χ3v) is 4.86.